The minimum atomic E-state index is -0.113. The van der Waals surface area contributed by atoms with Crippen molar-refractivity contribution in [2.24, 2.45) is 0 Å². The summed E-state index contributed by atoms with van der Waals surface area (Å²) in [6.07, 6.45) is 3.03. The van der Waals surface area contributed by atoms with Crippen LogP contribution in [0.3, 0.4) is 0 Å². The van der Waals surface area contributed by atoms with Gasteiger partial charge in [-0.15, -0.1) is 0 Å². The summed E-state index contributed by atoms with van der Waals surface area (Å²) in [6.45, 7) is 6.86. The molecule has 1 aromatic carbocycles. The molecule has 0 heterocycles. The maximum atomic E-state index is 11.7. The van der Waals surface area contributed by atoms with Gasteiger partial charge in [0.05, 0.1) is 13.2 Å². The van der Waals surface area contributed by atoms with Crippen molar-refractivity contribution >= 4 is 5.97 Å². The van der Waals surface area contributed by atoms with Crippen molar-refractivity contribution < 1.29 is 9.53 Å². The van der Waals surface area contributed by atoms with Crippen LogP contribution >= 0.6 is 0 Å². The Morgan fingerprint density at radius 3 is 2.53 bits per heavy atom. The topological polar surface area (TPSA) is 29.5 Å². The number of nitrogens with zero attached hydrogens (tertiary/aromatic N) is 1. The van der Waals surface area contributed by atoms with Gasteiger partial charge in [-0.3, -0.25) is 9.69 Å². The van der Waals surface area contributed by atoms with Crippen molar-refractivity contribution in [3.05, 3.63) is 35.9 Å². The Hall–Kier alpha value is -1.35. The van der Waals surface area contributed by atoms with E-state index >= 15 is 0 Å². The monoisotopic (exact) mass is 263 g/mol. The van der Waals surface area contributed by atoms with Gasteiger partial charge < -0.3 is 4.74 Å². The van der Waals surface area contributed by atoms with Crippen molar-refractivity contribution in [3.63, 3.8) is 0 Å². The van der Waals surface area contributed by atoms with E-state index in [1.54, 1.807) is 0 Å². The number of ether oxygens (including phenoxy) is 1. The van der Waals surface area contributed by atoms with E-state index < -0.39 is 0 Å². The lowest BCUT2D eigenvalue weighted by molar-refractivity contribution is -0.145. The number of carbonyl (C=O) groups excluding carboxylic acids is 1. The van der Waals surface area contributed by atoms with Crippen molar-refractivity contribution in [2.75, 3.05) is 19.7 Å². The maximum absolute atomic E-state index is 11.7. The van der Waals surface area contributed by atoms with Crippen molar-refractivity contribution in [1.29, 1.82) is 0 Å². The van der Waals surface area contributed by atoms with Crippen molar-refractivity contribution in [3.8, 4) is 0 Å². The number of esters is 1. The predicted octanol–water partition coefficient (Wildman–Crippen LogP) is 3.24. The van der Waals surface area contributed by atoms with E-state index in [1.807, 2.05) is 18.2 Å². The Labute approximate surface area is 116 Å². The SMILES string of the molecule is CCCCOC(=O)CN(CCC)Cc1ccccc1. The predicted molar refractivity (Wildman–Crippen MR) is 77.9 cm³/mol. The van der Waals surface area contributed by atoms with E-state index in [2.05, 4.69) is 30.9 Å². The second-order valence-corrected chi connectivity index (χ2v) is 4.77. The van der Waals surface area contributed by atoms with Gasteiger partial charge in [0.15, 0.2) is 0 Å². The molecule has 0 aromatic heterocycles. The zero-order valence-electron chi connectivity index (χ0n) is 12.1. The molecule has 0 saturated carbocycles. The molecule has 1 aromatic rings. The van der Waals surface area contributed by atoms with Crippen LogP contribution in [0.2, 0.25) is 0 Å². The van der Waals surface area contributed by atoms with Crippen LogP contribution in [-0.4, -0.2) is 30.6 Å². The fourth-order valence-corrected chi connectivity index (χ4v) is 1.93. The third-order valence-electron chi connectivity index (χ3n) is 2.90. The molecule has 0 bridgehead atoms. The average Bonchev–Trinajstić information content (AvgIpc) is 2.40. The molecule has 0 aliphatic rings. The van der Waals surface area contributed by atoms with Gasteiger partial charge in [-0.2, -0.15) is 0 Å². The Kier molecular flexibility index (Phi) is 7.91. The smallest absolute Gasteiger partial charge is 0.320 e. The van der Waals surface area contributed by atoms with E-state index in [4.69, 9.17) is 4.74 Å². The van der Waals surface area contributed by atoms with E-state index in [0.29, 0.717) is 13.2 Å². The summed E-state index contributed by atoms with van der Waals surface area (Å²) in [5.74, 6) is -0.113. The summed E-state index contributed by atoms with van der Waals surface area (Å²) < 4.78 is 5.22. The molecule has 19 heavy (non-hydrogen) atoms. The van der Waals surface area contributed by atoms with Crippen molar-refractivity contribution in [2.45, 2.75) is 39.7 Å². The van der Waals surface area contributed by atoms with E-state index in [1.165, 1.54) is 5.56 Å². The lowest BCUT2D eigenvalue weighted by atomic mass is 10.2. The summed E-state index contributed by atoms with van der Waals surface area (Å²) in [7, 11) is 0. The van der Waals surface area contributed by atoms with Crippen molar-refractivity contribution in [1.82, 2.24) is 4.90 Å². The first-order valence-electron chi connectivity index (χ1n) is 7.18. The highest BCUT2D eigenvalue weighted by Crippen LogP contribution is 2.05. The minimum absolute atomic E-state index is 0.113. The normalized spacial score (nSPS) is 10.7. The molecular weight excluding hydrogens is 238 g/mol. The largest absolute Gasteiger partial charge is 0.465 e. The molecule has 106 valence electrons. The van der Waals surface area contributed by atoms with Crippen LogP contribution in [-0.2, 0) is 16.1 Å². The molecule has 0 fully saturated rings. The first-order valence-corrected chi connectivity index (χ1v) is 7.18. The summed E-state index contributed by atoms with van der Waals surface area (Å²) >= 11 is 0. The molecule has 0 radical (unpaired) electrons. The number of carbonyl (C=O) groups is 1. The Morgan fingerprint density at radius 2 is 1.89 bits per heavy atom. The molecule has 0 spiro atoms. The van der Waals surface area contributed by atoms with E-state index in [0.717, 1.165) is 32.4 Å². The van der Waals surface area contributed by atoms with Gasteiger partial charge in [0.2, 0.25) is 0 Å². The van der Waals surface area contributed by atoms with Gasteiger partial charge in [0, 0.05) is 6.54 Å². The van der Waals surface area contributed by atoms with E-state index in [-0.39, 0.29) is 5.97 Å². The maximum Gasteiger partial charge on any atom is 0.320 e. The lowest BCUT2D eigenvalue weighted by Gasteiger charge is -2.20. The second-order valence-electron chi connectivity index (χ2n) is 4.77. The molecule has 0 atom stereocenters. The summed E-state index contributed by atoms with van der Waals surface area (Å²) in [5.41, 5.74) is 1.23. The highest BCUT2D eigenvalue weighted by molar-refractivity contribution is 5.71. The molecular formula is C16H25NO2. The molecule has 0 aliphatic carbocycles. The van der Waals surface area contributed by atoms with Gasteiger partial charge in [-0.25, -0.2) is 0 Å². The Balaban J connectivity index is 2.41. The fraction of sp³-hybridized carbons (Fsp3) is 0.562. The van der Waals surface area contributed by atoms with Crippen LogP contribution < -0.4 is 0 Å². The fourth-order valence-electron chi connectivity index (χ4n) is 1.93. The summed E-state index contributed by atoms with van der Waals surface area (Å²) in [6, 6.07) is 10.2. The molecule has 1 rings (SSSR count). The standard InChI is InChI=1S/C16H25NO2/c1-3-5-12-19-16(18)14-17(11-4-2)13-15-9-7-6-8-10-15/h6-10H,3-5,11-14H2,1-2H3. The average molecular weight is 263 g/mol. The first kappa shape index (κ1) is 15.7. The van der Waals surface area contributed by atoms with Crippen LogP contribution in [0.1, 0.15) is 38.7 Å². The van der Waals surface area contributed by atoms with Gasteiger partial charge in [-0.05, 0) is 24.9 Å². The third-order valence-corrected chi connectivity index (χ3v) is 2.90. The molecule has 0 amide bonds. The number of hydrogen-bond donors (Lipinski definition) is 0. The first-order chi connectivity index (χ1) is 9.26. The van der Waals surface area contributed by atoms with Crippen LogP contribution in [0.15, 0.2) is 30.3 Å². The van der Waals surface area contributed by atoms with E-state index in [9.17, 15) is 4.79 Å². The molecule has 0 aliphatic heterocycles. The highest BCUT2D eigenvalue weighted by atomic mass is 16.5. The Bertz CT molecular complexity index is 351. The van der Waals surface area contributed by atoms with Crippen LogP contribution in [0, 0.1) is 0 Å². The Morgan fingerprint density at radius 1 is 1.16 bits per heavy atom. The molecule has 0 unspecified atom stereocenters. The van der Waals surface area contributed by atoms with Crippen LogP contribution in [0.5, 0.6) is 0 Å². The quantitative estimate of drug-likeness (QED) is 0.506. The molecule has 0 saturated heterocycles. The number of benzene rings is 1. The number of hydrogen-bond acceptors (Lipinski definition) is 3. The molecule has 3 heteroatoms. The number of rotatable bonds is 9. The zero-order valence-corrected chi connectivity index (χ0v) is 12.1. The highest BCUT2D eigenvalue weighted by Gasteiger charge is 2.11. The molecule has 3 nitrogen and oxygen atoms in total. The zero-order chi connectivity index (χ0) is 13.9. The van der Waals surface area contributed by atoms with Gasteiger partial charge >= 0.3 is 5.97 Å². The summed E-state index contributed by atoms with van der Waals surface area (Å²) in [5, 5.41) is 0. The summed E-state index contributed by atoms with van der Waals surface area (Å²) in [4.78, 5) is 13.9. The van der Waals surface area contributed by atoms with Crippen LogP contribution in [0.25, 0.3) is 0 Å². The van der Waals surface area contributed by atoms with Gasteiger partial charge in [-0.1, -0.05) is 50.6 Å². The van der Waals surface area contributed by atoms with Gasteiger partial charge in [0.25, 0.3) is 0 Å². The molecule has 0 N–H and O–H groups in total. The second kappa shape index (κ2) is 9.56. The third kappa shape index (κ3) is 6.97. The number of unbranched alkanes of at least 4 members (excludes halogenated alkanes) is 1. The lowest BCUT2D eigenvalue weighted by Crippen LogP contribution is -2.31. The van der Waals surface area contributed by atoms with Crippen LogP contribution in [0.4, 0.5) is 0 Å². The van der Waals surface area contributed by atoms with Gasteiger partial charge in [0.1, 0.15) is 0 Å². The minimum Gasteiger partial charge on any atom is -0.465 e.